The van der Waals surface area contributed by atoms with Gasteiger partial charge in [-0.3, -0.25) is 13.6 Å². The minimum absolute atomic E-state index is 0.0341. The monoisotopic (exact) mass is 398 g/mol. The van der Waals surface area contributed by atoms with Gasteiger partial charge in [-0.25, -0.2) is 9.13 Å². The van der Waals surface area contributed by atoms with Gasteiger partial charge in [-0.1, -0.05) is 0 Å². The molecule has 0 bridgehead atoms. The molecule has 2 rings (SSSR count). The first kappa shape index (κ1) is 21.5. The van der Waals surface area contributed by atoms with E-state index >= 15 is 0 Å². The van der Waals surface area contributed by atoms with Crippen LogP contribution in [0.3, 0.4) is 0 Å². The van der Waals surface area contributed by atoms with Crippen molar-refractivity contribution in [3.8, 4) is 0 Å². The molecule has 0 aromatic heterocycles. The fraction of sp³-hybridized carbons (Fsp3) is 1.00. The SMILES string of the molecule is [B]C1C[C@@H](OP(=O)(O)O)C(COP(=O)(O)O[C@@H]2CC([B])OC2CO)O1. The third kappa shape index (κ3) is 6.71. The first-order chi connectivity index (χ1) is 11.5. The zero-order chi connectivity index (χ0) is 18.8. The molecule has 0 spiro atoms. The molecular weight excluding hydrogens is 380 g/mol. The highest BCUT2D eigenvalue weighted by Gasteiger charge is 2.42. The van der Waals surface area contributed by atoms with E-state index in [1.165, 1.54) is 0 Å². The van der Waals surface area contributed by atoms with Crippen molar-refractivity contribution in [1.29, 1.82) is 0 Å². The van der Waals surface area contributed by atoms with Gasteiger partial charge in [-0.05, 0) is 12.8 Å². The number of rotatable bonds is 8. The molecule has 140 valence electrons. The predicted octanol–water partition coefficient (Wildman–Crippen LogP) is -1.47. The first-order valence-corrected chi connectivity index (χ1v) is 10.3. The second-order valence-corrected chi connectivity index (χ2v) is 8.22. The van der Waals surface area contributed by atoms with Gasteiger partial charge in [0.15, 0.2) is 0 Å². The molecule has 0 aromatic rings. The van der Waals surface area contributed by atoms with E-state index in [2.05, 4.69) is 4.52 Å². The minimum atomic E-state index is -4.80. The number of aliphatic hydroxyl groups excluding tert-OH is 1. The van der Waals surface area contributed by atoms with Crippen molar-refractivity contribution in [3.63, 3.8) is 0 Å². The topological polar surface area (TPSA) is 161 Å². The van der Waals surface area contributed by atoms with Crippen molar-refractivity contribution < 1.29 is 52.0 Å². The molecule has 0 aliphatic carbocycles. The minimum Gasteiger partial charge on any atom is -0.394 e. The molecule has 0 aromatic carbocycles. The van der Waals surface area contributed by atoms with Gasteiger partial charge in [0, 0.05) is 12.0 Å². The summed E-state index contributed by atoms with van der Waals surface area (Å²) in [4.78, 5) is 27.5. The maximum Gasteiger partial charge on any atom is 0.472 e. The maximum absolute atomic E-state index is 12.0. The van der Waals surface area contributed by atoms with Crippen LogP contribution in [-0.4, -0.2) is 85.1 Å². The van der Waals surface area contributed by atoms with Crippen LogP contribution in [0, 0.1) is 0 Å². The van der Waals surface area contributed by atoms with E-state index in [1.807, 2.05) is 0 Å². The van der Waals surface area contributed by atoms with Gasteiger partial charge in [0.2, 0.25) is 0 Å². The summed E-state index contributed by atoms with van der Waals surface area (Å²) in [6.45, 7) is -1.02. The molecule has 11 nitrogen and oxygen atoms in total. The lowest BCUT2D eigenvalue weighted by Gasteiger charge is -2.23. The summed E-state index contributed by atoms with van der Waals surface area (Å²) in [7, 11) is 1.67. The molecule has 15 heteroatoms. The van der Waals surface area contributed by atoms with Gasteiger partial charge in [0.25, 0.3) is 0 Å². The first-order valence-electron chi connectivity index (χ1n) is 7.31. The summed E-state index contributed by atoms with van der Waals surface area (Å²) >= 11 is 0. The van der Waals surface area contributed by atoms with Crippen LogP contribution in [0.25, 0.3) is 0 Å². The Hall–Kier alpha value is 0.230. The number of phosphoric acid groups is 2. The van der Waals surface area contributed by atoms with Gasteiger partial charge >= 0.3 is 15.6 Å². The number of hydrogen-bond donors (Lipinski definition) is 4. The molecule has 2 heterocycles. The van der Waals surface area contributed by atoms with E-state index in [1.54, 1.807) is 0 Å². The van der Waals surface area contributed by atoms with Crippen LogP contribution in [0.2, 0.25) is 0 Å². The largest absolute Gasteiger partial charge is 0.472 e. The van der Waals surface area contributed by atoms with Crippen LogP contribution in [0.4, 0.5) is 0 Å². The normalized spacial score (nSPS) is 38.7. The van der Waals surface area contributed by atoms with E-state index in [9.17, 15) is 14.0 Å². The lowest BCUT2D eigenvalue weighted by molar-refractivity contribution is -0.0247. The second kappa shape index (κ2) is 8.50. The third-order valence-electron chi connectivity index (χ3n) is 3.58. The summed E-state index contributed by atoms with van der Waals surface area (Å²) < 4.78 is 47.5. The average Bonchev–Trinajstić information content (AvgIpc) is 2.96. The van der Waals surface area contributed by atoms with E-state index in [0.29, 0.717) is 0 Å². The highest BCUT2D eigenvalue weighted by molar-refractivity contribution is 7.47. The molecular formula is C10H18B2O11P2. The van der Waals surface area contributed by atoms with Crippen LogP contribution >= 0.6 is 15.6 Å². The zero-order valence-electron chi connectivity index (χ0n) is 13.0. The summed E-state index contributed by atoms with van der Waals surface area (Å²) in [5, 5.41) is 9.13. The average molecular weight is 398 g/mol. The molecule has 0 saturated carbocycles. The molecule has 5 unspecified atom stereocenters. The summed E-state index contributed by atoms with van der Waals surface area (Å²) in [6, 6.07) is -1.62. The fourth-order valence-corrected chi connectivity index (χ4v) is 4.11. The van der Waals surface area contributed by atoms with E-state index in [4.69, 9.17) is 49.1 Å². The quantitative estimate of drug-likeness (QED) is 0.279. The summed E-state index contributed by atoms with van der Waals surface area (Å²) in [6.07, 6.45) is -3.99. The third-order valence-corrected chi connectivity index (χ3v) is 5.14. The van der Waals surface area contributed by atoms with E-state index < -0.39 is 65.3 Å². The Bertz CT molecular complexity index is 545. The number of ether oxygens (including phenoxy) is 2. The molecule has 4 radical (unpaired) electrons. The van der Waals surface area contributed by atoms with E-state index in [0.717, 1.165) is 0 Å². The van der Waals surface area contributed by atoms with Crippen molar-refractivity contribution in [2.45, 2.75) is 49.3 Å². The highest BCUT2D eigenvalue weighted by atomic mass is 31.2. The molecule has 2 saturated heterocycles. The lowest BCUT2D eigenvalue weighted by atomic mass is 9.96. The van der Waals surface area contributed by atoms with Crippen LogP contribution < -0.4 is 0 Å². The van der Waals surface area contributed by atoms with Gasteiger partial charge in [-0.2, -0.15) is 0 Å². The van der Waals surface area contributed by atoms with Crippen molar-refractivity contribution >= 4 is 31.3 Å². The van der Waals surface area contributed by atoms with E-state index in [-0.39, 0.29) is 12.8 Å². The Morgan fingerprint density at radius 3 is 2.00 bits per heavy atom. The van der Waals surface area contributed by atoms with Crippen LogP contribution in [0.1, 0.15) is 12.8 Å². The Morgan fingerprint density at radius 2 is 1.48 bits per heavy atom. The lowest BCUT2D eigenvalue weighted by Crippen LogP contribution is -2.30. The van der Waals surface area contributed by atoms with Crippen molar-refractivity contribution in [1.82, 2.24) is 0 Å². The van der Waals surface area contributed by atoms with Crippen LogP contribution in [0.5, 0.6) is 0 Å². The van der Waals surface area contributed by atoms with Crippen molar-refractivity contribution in [2.75, 3.05) is 13.2 Å². The maximum atomic E-state index is 12.0. The Balaban J connectivity index is 1.89. The zero-order valence-corrected chi connectivity index (χ0v) is 14.8. The summed E-state index contributed by atoms with van der Waals surface area (Å²) in [5.74, 6) is 0. The van der Waals surface area contributed by atoms with Crippen LogP contribution in [-0.2, 0) is 32.2 Å². The molecule has 25 heavy (non-hydrogen) atoms. The molecule has 2 aliphatic heterocycles. The van der Waals surface area contributed by atoms with Crippen LogP contribution in [0.15, 0.2) is 0 Å². The summed E-state index contributed by atoms with van der Waals surface area (Å²) in [5.41, 5.74) is 0. The molecule has 2 aliphatic rings. The predicted molar refractivity (Wildman–Crippen MR) is 82.7 cm³/mol. The smallest absolute Gasteiger partial charge is 0.394 e. The molecule has 0 amide bonds. The molecule has 4 N–H and O–H groups in total. The van der Waals surface area contributed by atoms with Gasteiger partial charge in [-0.15, -0.1) is 0 Å². The van der Waals surface area contributed by atoms with Gasteiger partial charge in [0.05, 0.1) is 25.4 Å². The fourth-order valence-electron chi connectivity index (χ4n) is 2.57. The standard InChI is InChI=1S/C10H18B2O11P2/c11-9-1-5(7(3-13)20-9)23-25(17,18)19-4-8-6(2-10(12)21-8)22-24(14,15)16/h5-10,13H,1-4H2,(H,17,18)(H2,14,15,16)/t5-,6-,7?,8?,9?,10?/m1/s1. The van der Waals surface area contributed by atoms with Gasteiger partial charge in [0.1, 0.15) is 27.9 Å². The number of phosphoric ester groups is 2. The highest BCUT2D eigenvalue weighted by Crippen LogP contribution is 2.48. The van der Waals surface area contributed by atoms with Crippen molar-refractivity contribution in [2.24, 2.45) is 0 Å². The number of hydrogen-bond acceptors (Lipinski definition) is 8. The Morgan fingerprint density at radius 1 is 0.960 bits per heavy atom. The Kier molecular flexibility index (Phi) is 7.32. The van der Waals surface area contributed by atoms with Gasteiger partial charge < -0.3 is 29.3 Å². The number of aliphatic hydroxyl groups is 1. The second-order valence-electron chi connectivity index (χ2n) is 5.62. The Labute approximate surface area is 146 Å². The molecule has 7 atom stereocenters. The molecule has 2 fully saturated rings. The van der Waals surface area contributed by atoms with Crippen molar-refractivity contribution in [3.05, 3.63) is 0 Å².